The fourth-order valence-electron chi connectivity index (χ4n) is 4.12. The van der Waals surface area contributed by atoms with Gasteiger partial charge in [0.1, 0.15) is 5.75 Å². The minimum atomic E-state index is -0.0424. The number of nitrogens with zero attached hydrogens (tertiary/aromatic N) is 2. The van der Waals surface area contributed by atoms with E-state index in [1.165, 1.54) is 17.2 Å². The van der Waals surface area contributed by atoms with Crippen LogP contribution in [-0.2, 0) is 16.1 Å². The van der Waals surface area contributed by atoms with Gasteiger partial charge in [0.25, 0.3) is 5.91 Å². The van der Waals surface area contributed by atoms with Crippen LogP contribution in [0.1, 0.15) is 18.4 Å². The number of piperidine rings is 1. The van der Waals surface area contributed by atoms with Crippen molar-refractivity contribution in [2.45, 2.75) is 19.4 Å². The number of para-hydroxylation sites is 1. The Morgan fingerprint density at radius 3 is 2.31 bits per heavy atom. The number of nitrogens with one attached hydrogen (secondary N) is 1. The summed E-state index contributed by atoms with van der Waals surface area (Å²) in [5.41, 5.74) is 2.37. The largest absolute Gasteiger partial charge is 0.484 e. The normalized spacial score (nSPS) is 17.1. The summed E-state index contributed by atoms with van der Waals surface area (Å²) < 4.78 is 5.56. The van der Waals surface area contributed by atoms with E-state index in [0.717, 1.165) is 18.7 Å². The zero-order valence-electron chi connectivity index (χ0n) is 18.4. The molecule has 2 heterocycles. The minimum absolute atomic E-state index is 0.0277. The quantitative estimate of drug-likeness (QED) is 0.698. The summed E-state index contributed by atoms with van der Waals surface area (Å²) in [5, 5.41) is 3.07. The Kier molecular flexibility index (Phi) is 7.93. The van der Waals surface area contributed by atoms with Crippen molar-refractivity contribution in [1.82, 2.24) is 10.2 Å². The number of hydrogen-bond acceptors (Lipinski definition) is 5. The van der Waals surface area contributed by atoms with E-state index >= 15 is 0 Å². The zero-order valence-corrected chi connectivity index (χ0v) is 19.2. The zero-order chi connectivity index (χ0) is 22.2. The molecule has 32 heavy (non-hydrogen) atoms. The topological polar surface area (TPSA) is 61.9 Å². The number of anilines is 1. The Labute approximate surface area is 194 Å². The number of hydrogen-bond donors (Lipinski definition) is 1. The molecule has 2 fully saturated rings. The summed E-state index contributed by atoms with van der Waals surface area (Å²) in [6.07, 6.45) is 1.38. The van der Waals surface area contributed by atoms with Gasteiger partial charge in [0, 0.05) is 55.8 Å². The first-order chi connectivity index (χ1) is 15.7. The van der Waals surface area contributed by atoms with Crippen molar-refractivity contribution < 1.29 is 14.3 Å². The van der Waals surface area contributed by atoms with Crippen LogP contribution in [0, 0.1) is 5.92 Å². The second-order valence-electron chi connectivity index (χ2n) is 8.24. The average molecular weight is 454 g/mol. The van der Waals surface area contributed by atoms with Crippen LogP contribution in [0.3, 0.4) is 0 Å². The number of thioether (sulfide) groups is 1. The van der Waals surface area contributed by atoms with Gasteiger partial charge in [-0.05, 0) is 42.7 Å². The van der Waals surface area contributed by atoms with E-state index < -0.39 is 0 Å². The fourth-order valence-corrected chi connectivity index (χ4v) is 5.03. The van der Waals surface area contributed by atoms with Crippen LogP contribution in [0.15, 0.2) is 54.6 Å². The summed E-state index contributed by atoms with van der Waals surface area (Å²) in [6, 6.07) is 17.9. The van der Waals surface area contributed by atoms with E-state index in [0.29, 0.717) is 38.2 Å². The highest BCUT2D eigenvalue weighted by atomic mass is 32.2. The molecule has 0 aliphatic carbocycles. The summed E-state index contributed by atoms with van der Waals surface area (Å²) >= 11 is 2.01. The number of benzene rings is 2. The number of carbonyl (C=O) groups is 2. The van der Waals surface area contributed by atoms with Crippen LogP contribution in [-0.4, -0.2) is 61.0 Å². The monoisotopic (exact) mass is 453 g/mol. The number of carbonyl (C=O) groups excluding carboxylic acids is 2. The summed E-state index contributed by atoms with van der Waals surface area (Å²) in [6.45, 7) is 3.96. The lowest BCUT2D eigenvalue weighted by Crippen LogP contribution is -2.44. The van der Waals surface area contributed by atoms with Gasteiger partial charge in [-0.25, -0.2) is 0 Å². The SMILES string of the molecule is O=C(NCc1ccc(N2CCSCC2)cc1)C1CCN(C(=O)COc2ccccc2)CC1. The molecule has 0 aromatic heterocycles. The maximum absolute atomic E-state index is 12.6. The lowest BCUT2D eigenvalue weighted by molar-refractivity contribution is -0.137. The molecule has 0 bridgehead atoms. The number of ether oxygens (including phenoxy) is 1. The first kappa shape index (κ1) is 22.5. The van der Waals surface area contributed by atoms with Gasteiger partial charge in [-0.1, -0.05) is 30.3 Å². The second-order valence-corrected chi connectivity index (χ2v) is 9.47. The molecule has 7 heteroatoms. The minimum Gasteiger partial charge on any atom is -0.484 e. The van der Waals surface area contributed by atoms with E-state index in [1.807, 2.05) is 42.1 Å². The van der Waals surface area contributed by atoms with Crippen molar-refractivity contribution in [1.29, 1.82) is 0 Å². The van der Waals surface area contributed by atoms with E-state index in [4.69, 9.17) is 4.74 Å². The van der Waals surface area contributed by atoms with Crippen molar-refractivity contribution >= 4 is 29.3 Å². The third kappa shape index (κ3) is 6.19. The molecule has 2 aromatic carbocycles. The van der Waals surface area contributed by atoms with E-state index in [9.17, 15) is 9.59 Å². The van der Waals surface area contributed by atoms with Crippen LogP contribution in [0.4, 0.5) is 5.69 Å². The molecule has 0 saturated carbocycles. The lowest BCUT2D eigenvalue weighted by atomic mass is 9.95. The van der Waals surface area contributed by atoms with Crippen molar-refractivity contribution in [2.75, 3.05) is 49.2 Å². The van der Waals surface area contributed by atoms with Gasteiger partial charge < -0.3 is 19.9 Å². The lowest BCUT2D eigenvalue weighted by Gasteiger charge is -2.31. The highest BCUT2D eigenvalue weighted by Crippen LogP contribution is 2.21. The molecule has 1 N–H and O–H groups in total. The maximum Gasteiger partial charge on any atom is 0.260 e. The van der Waals surface area contributed by atoms with Gasteiger partial charge in [0.2, 0.25) is 5.91 Å². The predicted molar refractivity (Wildman–Crippen MR) is 129 cm³/mol. The molecule has 0 spiro atoms. The van der Waals surface area contributed by atoms with Gasteiger partial charge in [0.15, 0.2) is 6.61 Å². The average Bonchev–Trinajstić information content (AvgIpc) is 2.87. The fraction of sp³-hybridized carbons (Fsp3) is 0.440. The van der Waals surface area contributed by atoms with Crippen LogP contribution in [0.2, 0.25) is 0 Å². The first-order valence-corrected chi connectivity index (χ1v) is 12.5. The maximum atomic E-state index is 12.6. The third-order valence-electron chi connectivity index (χ3n) is 6.10. The summed E-state index contributed by atoms with van der Waals surface area (Å²) in [5.74, 6) is 3.07. The molecular weight excluding hydrogens is 422 g/mol. The first-order valence-electron chi connectivity index (χ1n) is 11.3. The Hall–Kier alpha value is -2.67. The number of likely N-dealkylation sites (tertiary alicyclic amines) is 1. The van der Waals surface area contributed by atoms with Gasteiger partial charge in [0.05, 0.1) is 0 Å². The van der Waals surface area contributed by atoms with Crippen LogP contribution in [0.5, 0.6) is 5.75 Å². The molecule has 6 nitrogen and oxygen atoms in total. The Morgan fingerprint density at radius 1 is 0.938 bits per heavy atom. The van der Waals surface area contributed by atoms with Gasteiger partial charge >= 0.3 is 0 Å². The van der Waals surface area contributed by atoms with Crippen molar-refractivity contribution in [3.8, 4) is 5.75 Å². The highest BCUT2D eigenvalue weighted by Gasteiger charge is 2.27. The molecule has 2 aromatic rings. The molecule has 4 rings (SSSR count). The van der Waals surface area contributed by atoms with Crippen LogP contribution < -0.4 is 15.0 Å². The highest BCUT2D eigenvalue weighted by molar-refractivity contribution is 7.99. The molecular formula is C25H31N3O3S. The number of amides is 2. The third-order valence-corrected chi connectivity index (χ3v) is 7.05. The number of rotatable bonds is 7. The standard InChI is InChI=1S/C25H31N3O3S/c29-24(19-31-23-4-2-1-3-5-23)28-12-10-21(11-13-28)25(30)26-18-20-6-8-22(9-7-20)27-14-16-32-17-15-27/h1-9,21H,10-19H2,(H,26,30). The molecule has 170 valence electrons. The van der Waals surface area contributed by atoms with Gasteiger partial charge in [-0.2, -0.15) is 11.8 Å². The van der Waals surface area contributed by atoms with Crippen molar-refractivity contribution in [3.63, 3.8) is 0 Å². The predicted octanol–water partition coefficient (Wildman–Crippen LogP) is 3.17. The Balaban J connectivity index is 1.17. The molecule has 2 aliphatic heterocycles. The molecule has 0 radical (unpaired) electrons. The van der Waals surface area contributed by atoms with E-state index in [1.54, 1.807) is 4.90 Å². The molecule has 2 aliphatic rings. The summed E-state index contributed by atoms with van der Waals surface area (Å²) in [7, 11) is 0. The molecule has 0 unspecified atom stereocenters. The Morgan fingerprint density at radius 2 is 1.62 bits per heavy atom. The summed E-state index contributed by atoms with van der Waals surface area (Å²) in [4.78, 5) is 29.2. The van der Waals surface area contributed by atoms with Gasteiger partial charge in [-0.15, -0.1) is 0 Å². The van der Waals surface area contributed by atoms with Crippen molar-refractivity contribution in [3.05, 3.63) is 60.2 Å². The van der Waals surface area contributed by atoms with Crippen molar-refractivity contribution in [2.24, 2.45) is 5.92 Å². The van der Waals surface area contributed by atoms with Crippen LogP contribution >= 0.6 is 11.8 Å². The molecule has 2 amide bonds. The Bertz CT molecular complexity index is 877. The van der Waals surface area contributed by atoms with Crippen LogP contribution in [0.25, 0.3) is 0 Å². The van der Waals surface area contributed by atoms with E-state index in [-0.39, 0.29) is 24.3 Å². The van der Waals surface area contributed by atoms with Gasteiger partial charge in [-0.3, -0.25) is 9.59 Å². The molecule has 2 saturated heterocycles. The second kappa shape index (κ2) is 11.3. The smallest absolute Gasteiger partial charge is 0.260 e. The molecule has 0 atom stereocenters. The van der Waals surface area contributed by atoms with E-state index in [2.05, 4.69) is 34.5 Å².